The summed E-state index contributed by atoms with van der Waals surface area (Å²) in [7, 11) is 0. The minimum atomic E-state index is 0.975. The Labute approximate surface area is 77.7 Å². The lowest BCUT2D eigenvalue weighted by Crippen LogP contribution is -2.08. The van der Waals surface area contributed by atoms with Crippen molar-refractivity contribution in [2.75, 3.05) is 0 Å². The fourth-order valence-electron chi connectivity index (χ4n) is 2.21. The maximum absolute atomic E-state index is 2.44. The van der Waals surface area contributed by atoms with E-state index in [1.807, 2.05) is 0 Å². The minimum Gasteiger partial charge on any atom is -0.0623 e. The molecule has 1 rings (SSSR count). The van der Waals surface area contributed by atoms with E-state index >= 15 is 0 Å². The molecule has 72 valence electrons. The smallest absolute Gasteiger partial charge is 0.0417 e. The quantitative estimate of drug-likeness (QED) is 0.503. The van der Waals surface area contributed by atoms with Gasteiger partial charge in [0.1, 0.15) is 0 Å². The first-order valence-corrected chi connectivity index (χ1v) is 5.80. The second-order valence-electron chi connectivity index (χ2n) is 4.65. The Balaban J connectivity index is 2.26. The molecule has 0 radical (unpaired) electrons. The van der Waals surface area contributed by atoms with Crippen LogP contribution >= 0.6 is 0 Å². The molecule has 0 nitrogen and oxygen atoms in total. The highest BCUT2D eigenvalue weighted by Crippen LogP contribution is 2.25. The minimum absolute atomic E-state index is 0.975. The molecule has 0 amide bonds. The van der Waals surface area contributed by atoms with E-state index in [9.17, 15) is 0 Å². The topological polar surface area (TPSA) is 0 Å². The van der Waals surface area contributed by atoms with Gasteiger partial charge in [-0.05, 0) is 11.8 Å². The van der Waals surface area contributed by atoms with E-state index in [0.717, 1.165) is 11.8 Å². The molecule has 0 N–H and O–H groups in total. The van der Waals surface area contributed by atoms with E-state index in [0.29, 0.717) is 0 Å². The molecule has 0 heteroatoms. The SMILES string of the molecule is C[C@H]1CCCCCCCC[C@@H]1C. The molecule has 2 atom stereocenters. The summed E-state index contributed by atoms with van der Waals surface area (Å²) in [6.07, 6.45) is 11.8. The van der Waals surface area contributed by atoms with Crippen LogP contribution in [0.15, 0.2) is 0 Å². The van der Waals surface area contributed by atoms with Gasteiger partial charge < -0.3 is 0 Å². The van der Waals surface area contributed by atoms with Gasteiger partial charge in [0.15, 0.2) is 0 Å². The van der Waals surface area contributed by atoms with Crippen molar-refractivity contribution in [3.05, 3.63) is 0 Å². The maximum atomic E-state index is 2.44. The summed E-state index contributed by atoms with van der Waals surface area (Å²) in [6, 6.07) is 0. The third-order valence-electron chi connectivity index (χ3n) is 3.54. The average Bonchev–Trinajstić information content (AvgIpc) is 2.08. The van der Waals surface area contributed by atoms with Crippen LogP contribution in [0.2, 0.25) is 0 Å². The summed E-state index contributed by atoms with van der Waals surface area (Å²) in [5, 5.41) is 0. The lowest BCUT2D eigenvalue weighted by Gasteiger charge is -2.21. The summed E-state index contributed by atoms with van der Waals surface area (Å²) in [5.41, 5.74) is 0. The standard InChI is InChI=1S/C12H24/c1-11-9-7-5-3-4-6-8-10-12(11)2/h11-12H,3-10H2,1-2H3/t11-,12-/m0/s1. The second kappa shape index (κ2) is 5.61. The van der Waals surface area contributed by atoms with Crippen molar-refractivity contribution >= 4 is 0 Å². The number of hydrogen-bond acceptors (Lipinski definition) is 0. The van der Waals surface area contributed by atoms with Crippen LogP contribution in [0, 0.1) is 11.8 Å². The third kappa shape index (κ3) is 3.60. The van der Waals surface area contributed by atoms with Gasteiger partial charge in [0.2, 0.25) is 0 Å². The van der Waals surface area contributed by atoms with Crippen LogP contribution in [0.25, 0.3) is 0 Å². The molecule has 1 aliphatic rings. The van der Waals surface area contributed by atoms with Crippen molar-refractivity contribution in [2.24, 2.45) is 11.8 Å². The van der Waals surface area contributed by atoms with Gasteiger partial charge in [-0.1, -0.05) is 65.2 Å². The van der Waals surface area contributed by atoms with Crippen LogP contribution in [-0.4, -0.2) is 0 Å². The zero-order chi connectivity index (χ0) is 8.81. The zero-order valence-corrected chi connectivity index (χ0v) is 8.81. The Hall–Kier alpha value is 0. The van der Waals surface area contributed by atoms with E-state index in [1.165, 1.54) is 51.4 Å². The molecule has 1 aliphatic carbocycles. The van der Waals surface area contributed by atoms with Crippen molar-refractivity contribution < 1.29 is 0 Å². The Morgan fingerprint density at radius 3 is 1.33 bits per heavy atom. The van der Waals surface area contributed by atoms with Crippen LogP contribution in [0.3, 0.4) is 0 Å². The van der Waals surface area contributed by atoms with Crippen LogP contribution in [0.4, 0.5) is 0 Å². The first-order chi connectivity index (χ1) is 5.80. The van der Waals surface area contributed by atoms with Gasteiger partial charge in [-0.25, -0.2) is 0 Å². The normalized spacial score (nSPS) is 34.5. The van der Waals surface area contributed by atoms with E-state index < -0.39 is 0 Å². The Bertz CT molecular complexity index is 92.6. The van der Waals surface area contributed by atoms with Gasteiger partial charge in [0, 0.05) is 0 Å². The Morgan fingerprint density at radius 2 is 0.917 bits per heavy atom. The van der Waals surface area contributed by atoms with Crippen LogP contribution in [-0.2, 0) is 0 Å². The molecule has 0 heterocycles. The van der Waals surface area contributed by atoms with E-state index in [4.69, 9.17) is 0 Å². The summed E-state index contributed by atoms with van der Waals surface area (Å²) in [6.45, 7) is 4.87. The number of rotatable bonds is 0. The summed E-state index contributed by atoms with van der Waals surface area (Å²) in [5.74, 6) is 1.95. The van der Waals surface area contributed by atoms with E-state index in [1.54, 1.807) is 0 Å². The van der Waals surface area contributed by atoms with Gasteiger partial charge >= 0.3 is 0 Å². The molecule has 0 bridgehead atoms. The van der Waals surface area contributed by atoms with Crippen molar-refractivity contribution in [2.45, 2.75) is 65.2 Å². The lowest BCUT2D eigenvalue weighted by atomic mass is 9.85. The second-order valence-corrected chi connectivity index (χ2v) is 4.65. The molecule has 0 unspecified atom stereocenters. The molecule has 1 saturated carbocycles. The van der Waals surface area contributed by atoms with Gasteiger partial charge in [-0.15, -0.1) is 0 Å². The molecule has 0 aromatic rings. The maximum Gasteiger partial charge on any atom is -0.0417 e. The Morgan fingerprint density at radius 1 is 0.583 bits per heavy atom. The molecular formula is C12H24. The first-order valence-electron chi connectivity index (χ1n) is 5.80. The zero-order valence-electron chi connectivity index (χ0n) is 8.81. The predicted molar refractivity (Wildman–Crippen MR) is 55.3 cm³/mol. The van der Waals surface area contributed by atoms with Crippen molar-refractivity contribution in [3.63, 3.8) is 0 Å². The fourth-order valence-corrected chi connectivity index (χ4v) is 2.21. The van der Waals surface area contributed by atoms with Crippen LogP contribution in [0.5, 0.6) is 0 Å². The van der Waals surface area contributed by atoms with Crippen LogP contribution < -0.4 is 0 Å². The monoisotopic (exact) mass is 168 g/mol. The van der Waals surface area contributed by atoms with Gasteiger partial charge in [0.25, 0.3) is 0 Å². The highest BCUT2D eigenvalue weighted by atomic mass is 14.2. The van der Waals surface area contributed by atoms with Crippen LogP contribution in [0.1, 0.15) is 65.2 Å². The predicted octanol–water partition coefficient (Wildman–Crippen LogP) is 4.39. The lowest BCUT2D eigenvalue weighted by molar-refractivity contribution is 0.313. The van der Waals surface area contributed by atoms with Crippen molar-refractivity contribution in [1.29, 1.82) is 0 Å². The van der Waals surface area contributed by atoms with E-state index in [-0.39, 0.29) is 0 Å². The molecule has 0 aromatic heterocycles. The molecule has 1 fully saturated rings. The largest absolute Gasteiger partial charge is 0.0623 e. The summed E-state index contributed by atoms with van der Waals surface area (Å²) in [4.78, 5) is 0. The first kappa shape index (κ1) is 10.1. The van der Waals surface area contributed by atoms with Crippen molar-refractivity contribution in [1.82, 2.24) is 0 Å². The molecule has 12 heavy (non-hydrogen) atoms. The molecule has 0 saturated heterocycles. The third-order valence-corrected chi connectivity index (χ3v) is 3.54. The van der Waals surface area contributed by atoms with E-state index in [2.05, 4.69) is 13.8 Å². The molecular weight excluding hydrogens is 144 g/mol. The summed E-state index contributed by atoms with van der Waals surface area (Å²) >= 11 is 0. The molecule has 0 spiro atoms. The molecule has 0 aromatic carbocycles. The van der Waals surface area contributed by atoms with Gasteiger partial charge in [-0.3, -0.25) is 0 Å². The van der Waals surface area contributed by atoms with Crippen molar-refractivity contribution in [3.8, 4) is 0 Å². The van der Waals surface area contributed by atoms with Gasteiger partial charge in [-0.2, -0.15) is 0 Å². The fraction of sp³-hybridized carbons (Fsp3) is 1.00. The molecule has 0 aliphatic heterocycles. The van der Waals surface area contributed by atoms with Gasteiger partial charge in [0.05, 0.1) is 0 Å². The Kier molecular flexibility index (Phi) is 4.72. The highest BCUT2D eigenvalue weighted by molar-refractivity contribution is 4.64. The highest BCUT2D eigenvalue weighted by Gasteiger charge is 2.12. The summed E-state index contributed by atoms with van der Waals surface area (Å²) < 4.78 is 0. The average molecular weight is 168 g/mol. The number of hydrogen-bond donors (Lipinski definition) is 0.